The molecule has 1 atom stereocenters. The first-order valence-corrected chi connectivity index (χ1v) is 5.46. The first kappa shape index (κ1) is 8.20. The molecular formula is C9H14N2S. The molecule has 12 heavy (non-hydrogen) atoms. The molecule has 1 aromatic rings. The molecule has 1 fully saturated rings. The average molecular weight is 182 g/mol. The molecule has 0 aliphatic carbocycles. The molecule has 0 aromatic carbocycles. The fourth-order valence-corrected chi connectivity index (χ4v) is 2.40. The lowest BCUT2D eigenvalue weighted by Gasteiger charge is -2.12. The zero-order valence-corrected chi connectivity index (χ0v) is 7.94. The Hall–Kier alpha value is -0.410. The molecule has 3 heteroatoms. The van der Waals surface area contributed by atoms with E-state index >= 15 is 0 Å². The molecule has 0 saturated carbocycles. The Kier molecular flexibility index (Phi) is 2.74. The van der Waals surface area contributed by atoms with Crippen LogP contribution < -0.4 is 5.32 Å². The van der Waals surface area contributed by atoms with Crippen LogP contribution >= 0.6 is 11.3 Å². The van der Waals surface area contributed by atoms with Gasteiger partial charge in [0, 0.05) is 17.1 Å². The molecule has 1 aliphatic rings. The Bertz CT molecular complexity index is 212. The summed E-state index contributed by atoms with van der Waals surface area (Å²) in [4.78, 5) is 5.51. The maximum absolute atomic E-state index is 4.11. The van der Waals surface area contributed by atoms with Crippen molar-refractivity contribution in [2.45, 2.75) is 31.7 Å². The van der Waals surface area contributed by atoms with Gasteiger partial charge in [-0.2, -0.15) is 0 Å². The second kappa shape index (κ2) is 4.01. The SMILES string of the molecule is c1ncc(C2CCCCCN2)s1. The van der Waals surface area contributed by atoms with Crippen molar-refractivity contribution in [3.05, 3.63) is 16.6 Å². The van der Waals surface area contributed by atoms with Crippen LogP contribution in [0.2, 0.25) is 0 Å². The largest absolute Gasteiger partial charge is 0.309 e. The van der Waals surface area contributed by atoms with Crippen molar-refractivity contribution in [2.75, 3.05) is 6.54 Å². The number of hydrogen-bond acceptors (Lipinski definition) is 3. The van der Waals surface area contributed by atoms with Crippen LogP contribution in [0.1, 0.15) is 36.6 Å². The number of hydrogen-bond donors (Lipinski definition) is 1. The van der Waals surface area contributed by atoms with Gasteiger partial charge in [-0.3, -0.25) is 4.98 Å². The zero-order valence-electron chi connectivity index (χ0n) is 7.12. The van der Waals surface area contributed by atoms with E-state index in [0.29, 0.717) is 6.04 Å². The fraction of sp³-hybridized carbons (Fsp3) is 0.667. The standard InChI is InChI=1S/C9H14N2S/c1-2-4-8(11-5-3-1)9-6-10-7-12-9/h6-8,11H,1-5H2. The third-order valence-corrected chi connectivity index (χ3v) is 3.24. The highest BCUT2D eigenvalue weighted by atomic mass is 32.1. The fourth-order valence-electron chi connectivity index (χ4n) is 1.67. The molecule has 1 unspecified atom stereocenters. The minimum absolute atomic E-state index is 0.583. The van der Waals surface area contributed by atoms with E-state index in [9.17, 15) is 0 Å². The van der Waals surface area contributed by atoms with E-state index < -0.39 is 0 Å². The van der Waals surface area contributed by atoms with Gasteiger partial charge in [0.25, 0.3) is 0 Å². The van der Waals surface area contributed by atoms with Crippen molar-refractivity contribution in [3.8, 4) is 0 Å². The van der Waals surface area contributed by atoms with Gasteiger partial charge < -0.3 is 5.32 Å². The summed E-state index contributed by atoms with van der Waals surface area (Å²) in [6, 6.07) is 0.583. The number of rotatable bonds is 1. The van der Waals surface area contributed by atoms with E-state index in [2.05, 4.69) is 10.3 Å². The van der Waals surface area contributed by atoms with E-state index in [4.69, 9.17) is 0 Å². The summed E-state index contributed by atoms with van der Waals surface area (Å²) in [5.41, 5.74) is 1.92. The Morgan fingerprint density at radius 3 is 3.25 bits per heavy atom. The van der Waals surface area contributed by atoms with Crippen LogP contribution in [0.25, 0.3) is 0 Å². The molecule has 0 amide bonds. The molecule has 0 radical (unpaired) electrons. The predicted molar refractivity (Wildman–Crippen MR) is 51.3 cm³/mol. The Morgan fingerprint density at radius 1 is 1.42 bits per heavy atom. The van der Waals surface area contributed by atoms with Gasteiger partial charge in [-0.05, 0) is 19.4 Å². The smallest absolute Gasteiger partial charge is 0.0794 e. The van der Waals surface area contributed by atoms with E-state index in [1.54, 1.807) is 11.3 Å². The molecule has 66 valence electrons. The lowest BCUT2D eigenvalue weighted by molar-refractivity contribution is 0.542. The van der Waals surface area contributed by atoms with Crippen LogP contribution in [0.3, 0.4) is 0 Å². The Balaban J connectivity index is 2.02. The number of thiazole rings is 1. The van der Waals surface area contributed by atoms with Crippen molar-refractivity contribution >= 4 is 11.3 Å². The maximum Gasteiger partial charge on any atom is 0.0794 e. The van der Waals surface area contributed by atoms with Gasteiger partial charge in [-0.1, -0.05) is 12.8 Å². The lowest BCUT2D eigenvalue weighted by atomic mass is 10.1. The third kappa shape index (κ3) is 1.84. The first-order valence-electron chi connectivity index (χ1n) is 4.58. The highest BCUT2D eigenvalue weighted by Crippen LogP contribution is 2.24. The summed E-state index contributed by atoms with van der Waals surface area (Å²) in [5, 5.41) is 3.55. The predicted octanol–water partition coefficient (Wildman–Crippen LogP) is 2.35. The summed E-state index contributed by atoms with van der Waals surface area (Å²) in [7, 11) is 0. The van der Waals surface area contributed by atoms with Crippen molar-refractivity contribution in [1.82, 2.24) is 10.3 Å². The van der Waals surface area contributed by atoms with Gasteiger partial charge in [-0.15, -0.1) is 11.3 Å². The summed E-state index contributed by atoms with van der Waals surface area (Å²) >= 11 is 1.77. The molecule has 0 bridgehead atoms. The van der Waals surface area contributed by atoms with Gasteiger partial charge in [-0.25, -0.2) is 0 Å². The topological polar surface area (TPSA) is 24.9 Å². The van der Waals surface area contributed by atoms with Crippen LogP contribution in [-0.4, -0.2) is 11.5 Å². The van der Waals surface area contributed by atoms with E-state index in [-0.39, 0.29) is 0 Å². The van der Waals surface area contributed by atoms with Gasteiger partial charge in [0.05, 0.1) is 5.51 Å². The first-order chi connectivity index (χ1) is 5.97. The number of nitrogens with zero attached hydrogens (tertiary/aromatic N) is 1. The van der Waals surface area contributed by atoms with E-state index in [1.807, 2.05) is 11.7 Å². The van der Waals surface area contributed by atoms with E-state index in [0.717, 1.165) is 0 Å². The van der Waals surface area contributed by atoms with E-state index in [1.165, 1.54) is 37.1 Å². The summed E-state index contributed by atoms with van der Waals surface area (Å²) in [6.07, 6.45) is 7.34. The van der Waals surface area contributed by atoms with Crippen LogP contribution in [0.4, 0.5) is 0 Å². The number of aromatic nitrogens is 1. The minimum Gasteiger partial charge on any atom is -0.309 e. The van der Waals surface area contributed by atoms with Crippen LogP contribution in [0.15, 0.2) is 11.7 Å². The summed E-state index contributed by atoms with van der Waals surface area (Å²) < 4.78 is 0. The number of nitrogens with one attached hydrogen (secondary N) is 1. The molecule has 1 aromatic heterocycles. The summed E-state index contributed by atoms with van der Waals surface area (Å²) in [6.45, 7) is 1.17. The molecule has 2 heterocycles. The quantitative estimate of drug-likeness (QED) is 0.721. The Morgan fingerprint density at radius 2 is 2.42 bits per heavy atom. The highest BCUT2D eigenvalue weighted by Gasteiger charge is 2.13. The van der Waals surface area contributed by atoms with Gasteiger partial charge in [0.15, 0.2) is 0 Å². The Labute approximate surface area is 77.0 Å². The van der Waals surface area contributed by atoms with Crippen LogP contribution in [0, 0.1) is 0 Å². The van der Waals surface area contributed by atoms with Crippen LogP contribution in [0.5, 0.6) is 0 Å². The molecule has 2 rings (SSSR count). The molecule has 1 N–H and O–H groups in total. The summed E-state index contributed by atoms with van der Waals surface area (Å²) in [5.74, 6) is 0. The van der Waals surface area contributed by atoms with Crippen molar-refractivity contribution in [3.63, 3.8) is 0 Å². The van der Waals surface area contributed by atoms with Crippen molar-refractivity contribution in [1.29, 1.82) is 0 Å². The normalized spacial score (nSPS) is 25.2. The van der Waals surface area contributed by atoms with Gasteiger partial charge >= 0.3 is 0 Å². The van der Waals surface area contributed by atoms with Crippen molar-refractivity contribution in [2.24, 2.45) is 0 Å². The molecular weight excluding hydrogens is 168 g/mol. The van der Waals surface area contributed by atoms with Crippen LogP contribution in [-0.2, 0) is 0 Å². The monoisotopic (exact) mass is 182 g/mol. The second-order valence-electron chi connectivity index (χ2n) is 3.26. The molecule has 1 aliphatic heterocycles. The second-order valence-corrected chi connectivity index (χ2v) is 4.18. The minimum atomic E-state index is 0.583. The molecule has 0 spiro atoms. The maximum atomic E-state index is 4.11. The lowest BCUT2D eigenvalue weighted by Crippen LogP contribution is -2.19. The van der Waals surface area contributed by atoms with Crippen molar-refractivity contribution < 1.29 is 0 Å². The van der Waals surface area contributed by atoms with Gasteiger partial charge in [0.2, 0.25) is 0 Å². The zero-order chi connectivity index (χ0) is 8.23. The molecule has 2 nitrogen and oxygen atoms in total. The van der Waals surface area contributed by atoms with Gasteiger partial charge in [0.1, 0.15) is 0 Å². The molecule has 1 saturated heterocycles. The average Bonchev–Trinajstić information content (AvgIpc) is 2.48. The highest BCUT2D eigenvalue weighted by molar-refractivity contribution is 7.09. The third-order valence-electron chi connectivity index (χ3n) is 2.36.